The van der Waals surface area contributed by atoms with Crippen LogP contribution in [0.25, 0.3) is 5.57 Å². The van der Waals surface area contributed by atoms with Crippen molar-refractivity contribution >= 4 is 11.5 Å². The summed E-state index contributed by atoms with van der Waals surface area (Å²) in [6, 6.07) is 8.03. The molecule has 1 aliphatic carbocycles. The number of rotatable bonds is 5. The maximum Gasteiger partial charge on any atom is 0.220 e. The van der Waals surface area contributed by atoms with Crippen molar-refractivity contribution in [1.29, 1.82) is 0 Å². The molecule has 21 heavy (non-hydrogen) atoms. The first-order valence-corrected chi connectivity index (χ1v) is 7.15. The van der Waals surface area contributed by atoms with Crippen LogP contribution in [0.1, 0.15) is 24.8 Å². The molecule has 1 aromatic rings. The van der Waals surface area contributed by atoms with Gasteiger partial charge in [-0.2, -0.15) is 0 Å². The van der Waals surface area contributed by atoms with Crippen LogP contribution in [0.4, 0.5) is 0 Å². The zero-order chi connectivity index (χ0) is 15.1. The third-order valence-electron chi connectivity index (χ3n) is 3.50. The zero-order valence-corrected chi connectivity index (χ0v) is 12.6. The molecule has 2 rings (SSSR count). The minimum absolute atomic E-state index is 0.0764. The first-order valence-electron chi connectivity index (χ1n) is 7.15. The van der Waals surface area contributed by atoms with Crippen LogP contribution in [-0.2, 0) is 4.79 Å². The predicted octanol–water partition coefficient (Wildman–Crippen LogP) is 3.49. The van der Waals surface area contributed by atoms with Crippen molar-refractivity contribution in [2.45, 2.75) is 19.3 Å². The molecule has 0 radical (unpaired) electrons. The zero-order valence-electron chi connectivity index (χ0n) is 12.6. The number of amides is 1. The summed E-state index contributed by atoms with van der Waals surface area (Å²) in [5, 5.41) is 2.66. The second kappa shape index (κ2) is 7.48. The van der Waals surface area contributed by atoms with Gasteiger partial charge in [-0.3, -0.25) is 4.79 Å². The molecule has 110 valence electrons. The number of nitrogens with one attached hydrogen (secondary N) is 1. The Hall–Kier alpha value is -2.29. The van der Waals surface area contributed by atoms with E-state index < -0.39 is 0 Å². The molecule has 1 N–H and O–H groups in total. The van der Waals surface area contributed by atoms with Gasteiger partial charge in [-0.25, -0.2) is 0 Å². The maximum atomic E-state index is 11.4. The van der Waals surface area contributed by atoms with Gasteiger partial charge >= 0.3 is 0 Å². The summed E-state index contributed by atoms with van der Waals surface area (Å²) >= 11 is 0. The fourth-order valence-electron chi connectivity index (χ4n) is 2.24. The van der Waals surface area contributed by atoms with Gasteiger partial charge in [0, 0.05) is 13.5 Å². The van der Waals surface area contributed by atoms with Crippen molar-refractivity contribution in [2.24, 2.45) is 0 Å². The average molecular weight is 283 g/mol. The van der Waals surface area contributed by atoms with Crippen LogP contribution in [-0.4, -0.2) is 20.1 Å². The molecular weight excluding hydrogens is 262 g/mol. The monoisotopic (exact) mass is 283 g/mol. The summed E-state index contributed by atoms with van der Waals surface area (Å²) in [5.41, 5.74) is 3.52. The van der Waals surface area contributed by atoms with Gasteiger partial charge in [-0.15, -0.1) is 0 Å². The van der Waals surface area contributed by atoms with Gasteiger partial charge in [0.05, 0.1) is 7.11 Å². The lowest BCUT2D eigenvalue weighted by Gasteiger charge is -2.06. The molecule has 0 spiro atoms. The molecular formula is C18H21NO2. The summed E-state index contributed by atoms with van der Waals surface area (Å²) in [6.45, 7) is 0. The van der Waals surface area contributed by atoms with Crippen LogP contribution in [0, 0.1) is 0 Å². The third kappa shape index (κ3) is 4.35. The van der Waals surface area contributed by atoms with Gasteiger partial charge < -0.3 is 10.1 Å². The molecule has 1 aliphatic rings. The van der Waals surface area contributed by atoms with E-state index in [4.69, 9.17) is 4.74 Å². The van der Waals surface area contributed by atoms with Crippen molar-refractivity contribution in [3.8, 4) is 5.75 Å². The highest BCUT2D eigenvalue weighted by molar-refractivity contribution is 5.78. The van der Waals surface area contributed by atoms with E-state index in [9.17, 15) is 4.79 Å². The van der Waals surface area contributed by atoms with Crippen molar-refractivity contribution in [3.63, 3.8) is 0 Å². The van der Waals surface area contributed by atoms with E-state index in [1.54, 1.807) is 14.2 Å². The van der Waals surface area contributed by atoms with E-state index in [1.165, 1.54) is 11.1 Å². The van der Waals surface area contributed by atoms with Crippen molar-refractivity contribution < 1.29 is 9.53 Å². The first-order chi connectivity index (χ1) is 10.2. The number of ether oxygens (including phenoxy) is 1. The fraction of sp³-hybridized carbons (Fsp3) is 0.278. The highest BCUT2D eigenvalue weighted by Gasteiger charge is 2.05. The van der Waals surface area contributed by atoms with Crippen LogP contribution in [0.3, 0.4) is 0 Å². The first kappa shape index (κ1) is 15.1. The molecule has 3 nitrogen and oxygen atoms in total. The Morgan fingerprint density at radius 3 is 2.71 bits per heavy atom. The highest BCUT2D eigenvalue weighted by Crippen LogP contribution is 2.25. The quantitative estimate of drug-likeness (QED) is 0.898. The Labute approximate surface area is 126 Å². The third-order valence-corrected chi connectivity index (χ3v) is 3.50. The van der Waals surface area contributed by atoms with E-state index >= 15 is 0 Å². The molecule has 1 aromatic carbocycles. The lowest BCUT2D eigenvalue weighted by Crippen LogP contribution is -2.17. The molecule has 1 amide bonds. The molecule has 0 aliphatic heterocycles. The van der Waals surface area contributed by atoms with Gasteiger partial charge in [0.1, 0.15) is 5.75 Å². The van der Waals surface area contributed by atoms with Crippen LogP contribution in [0.2, 0.25) is 0 Å². The summed E-state index contributed by atoms with van der Waals surface area (Å²) in [4.78, 5) is 11.4. The molecule has 0 heterocycles. The summed E-state index contributed by atoms with van der Waals surface area (Å²) in [5.74, 6) is 0.930. The van der Waals surface area contributed by atoms with Crippen molar-refractivity contribution in [2.75, 3.05) is 14.2 Å². The van der Waals surface area contributed by atoms with Crippen LogP contribution in [0.5, 0.6) is 5.75 Å². The van der Waals surface area contributed by atoms with Crippen LogP contribution >= 0.6 is 0 Å². The van der Waals surface area contributed by atoms with Crippen LogP contribution in [0.15, 0.2) is 54.1 Å². The van der Waals surface area contributed by atoms with Crippen LogP contribution < -0.4 is 10.1 Å². The Morgan fingerprint density at radius 1 is 1.29 bits per heavy atom. The SMILES string of the molecule is CNC(=O)CCC1=CCC=CC(c2ccc(OC)cc2)=C1. The molecule has 0 atom stereocenters. The Kier molecular flexibility index (Phi) is 5.38. The molecule has 0 bridgehead atoms. The second-order valence-corrected chi connectivity index (χ2v) is 4.92. The average Bonchev–Trinajstić information content (AvgIpc) is 2.78. The number of hydrogen-bond acceptors (Lipinski definition) is 2. The van der Waals surface area contributed by atoms with Gasteiger partial charge in [-0.1, -0.05) is 42.0 Å². The normalized spacial score (nSPS) is 14.0. The van der Waals surface area contributed by atoms with Crippen molar-refractivity contribution in [1.82, 2.24) is 5.32 Å². The summed E-state index contributed by atoms with van der Waals surface area (Å²) in [7, 11) is 3.34. The lowest BCUT2D eigenvalue weighted by atomic mass is 10.0. The standard InChI is InChI=1S/C18H21NO2/c1-19-18(20)12-7-14-5-3-4-6-16(13-14)15-8-10-17(21-2)11-9-15/h4-6,8-11,13H,3,7,12H2,1-2H3,(H,19,20). The topological polar surface area (TPSA) is 38.3 Å². The fourth-order valence-corrected chi connectivity index (χ4v) is 2.24. The number of benzene rings is 1. The Balaban J connectivity index is 2.14. The largest absolute Gasteiger partial charge is 0.497 e. The molecule has 3 heteroatoms. The number of allylic oxidation sites excluding steroid dienone is 6. The van der Waals surface area contributed by atoms with Gasteiger partial charge in [0.2, 0.25) is 5.91 Å². The van der Waals surface area contributed by atoms with E-state index in [0.29, 0.717) is 6.42 Å². The number of hydrogen-bond donors (Lipinski definition) is 1. The molecule has 0 fully saturated rings. The van der Waals surface area contributed by atoms with Crippen molar-refractivity contribution in [3.05, 3.63) is 59.7 Å². The minimum Gasteiger partial charge on any atom is -0.497 e. The van der Waals surface area contributed by atoms with E-state index in [-0.39, 0.29) is 5.91 Å². The molecule has 0 saturated heterocycles. The molecule has 0 aromatic heterocycles. The second-order valence-electron chi connectivity index (χ2n) is 4.92. The summed E-state index contributed by atoms with van der Waals surface area (Å²) < 4.78 is 5.19. The minimum atomic E-state index is 0.0764. The number of carbonyl (C=O) groups excluding carboxylic acids is 1. The summed E-state index contributed by atoms with van der Waals surface area (Å²) in [6.07, 6.45) is 10.8. The van der Waals surface area contributed by atoms with Gasteiger partial charge in [0.15, 0.2) is 0 Å². The Morgan fingerprint density at radius 2 is 2.05 bits per heavy atom. The number of methoxy groups -OCH3 is 1. The maximum absolute atomic E-state index is 11.4. The molecule has 0 saturated carbocycles. The van der Waals surface area contributed by atoms with E-state index in [1.807, 2.05) is 12.1 Å². The van der Waals surface area contributed by atoms with Gasteiger partial charge in [0.25, 0.3) is 0 Å². The highest BCUT2D eigenvalue weighted by atomic mass is 16.5. The predicted molar refractivity (Wildman–Crippen MR) is 86.1 cm³/mol. The Bertz CT molecular complexity index is 580. The number of carbonyl (C=O) groups is 1. The van der Waals surface area contributed by atoms with E-state index in [2.05, 4.69) is 41.8 Å². The lowest BCUT2D eigenvalue weighted by molar-refractivity contribution is -0.120. The molecule has 0 unspecified atom stereocenters. The van der Waals surface area contributed by atoms with Gasteiger partial charge in [-0.05, 0) is 36.1 Å². The smallest absolute Gasteiger partial charge is 0.220 e. The van der Waals surface area contributed by atoms with E-state index in [0.717, 1.165) is 24.2 Å².